The van der Waals surface area contributed by atoms with E-state index in [2.05, 4.69) is 45.9 Å². The van der Waals surface area contributed by atoms with Crippen molar-refractivity contribution in [1.29, 1.82) is 0 Å². The van der Waals surface area contributed by atoms with Gasteiger partial charge in [0.1, 0.15) is 0 Å². The molecular formula is C26H22N4O4S. The summed E-state index contributed by atoms with van der Waals surface area (Å²) in [6.07, 6.45) is 0. The fraction of sp³-hybridized carbons (Fsp3) is 0.0769. The molecule has 35 heavy (non-hydrogen) atoms. The highest BCUT2D eigenvalue weighted by molar-refractivity contribution is 7.79. The molecule has 9 heteroatoms. The summed E-state index contributed by atoms with van der Waals surface area (Å²) in [6.45, 7) is 4.12. The molecule has 176 valence electrons. The number of para-hydroxylation sites is 6. The van der Waals surface area contributed by atoms with E-state index in [0.717, 1.165) is 44.1 Å². The molecule has 0 aliphatic heterocycles. The summed E-state index contributed by atoms with van der Waals surface area (Å²) < 4.78 is 31.6. The number of aryl methyl sites for hydroxylation is 2. The third kappa shape index (κ3) is 6.10. The van der Waals surface area contributed by atoms with Crippen LogP contribution in [-0.2, 0) is 10.4 Å². The van der Waals surface area contributed by atoms with Crippen LogP contribution in [0.3, 0.4) is 0 Å². The molecule has 0 atom stereocenters. The largest absolute Gasteiger partial charge is 0.394 e. The second-order valence-corrected chi connectivity index (χ2v) is 8.65. The van der Waals surface area contributed by atoms with Crippen LogP contribution in [0.25, 0.3) is 44.1 Å². The standard InChI is InChI=1S/2C13H10N2.H2O4S/c2*1-9-5-4-8-12-13(9)15-11-7-3-2-6-10(11)14-12;1-5(2,3)4/h2*2-8H,1H3;(H2,1,2,3,4). The van der Waals surface area contributed by atoms with Gasteiger partial charge >= 0.3 is 10.4 Å². The summed E-state index contributed by atoms with van der Waals surface area (Å²) >= 11 is 0. The normalized spacial score (nSPS) is 11.1. The number of nitrogens with zero attached hydrogens (tertiary/aromatic N) is 4. The Morgan fingerprint density at radius 1 is 0.486 bits per heavy atom. The van der Waals surface area contributed by atoms with E-state index in [9.17, 15) is 0 Å². The van der Waals surface area contributed by atoms with Crippen molar-refractivity contribution in [3.05, 3.63) is 96.1 Å². The molecule has 8 nitrogen and oxygen atoms in total. The lowest BCUT2D eigenvalue weighted by atomic mass is 10.2. The van der Waals surface area contributed by atoms with E-state index in [4.69, 9.17) is 17.5 Å². The van der Waals surface area contributed by atoms with Gasteiger partial charge < -0.3 is 0 Å². The van der Waals surface area contributed by atoms with Crippen LogP contribution in [0.2, 0.25) is 0 Å². The average molecular weight is 487 g/mol. The third-order valence-electron chi connectivity index (χ3n) is 5.14. The minimum Gasteiger partial charge on any atom is -0.264 e. The van der Waals surface area contributed by atoms with Crippen LogP contribution in [-0.4, -0.2) is 37.5 Å². The minimum absolute atomic E-state index is 0.954. The van der Waals surface area contributed by atoms with E-state index in [1.807, 2.05) is 72.8 Å². The second-order valence-electron chi connectivity index (χ2n) is 7.76. The summed E-state index contributed by atoms with van der Waals surface area (Å²) in [5.74, 6) is 0. The van der Waals surface area contributed by atoms with Gasteiger partial charge in [-0.2, -0.15) is 8.42 Å². The van der Waals surface area contributed by atoms with Gasteiger partial charge in [-0.1, -0.05) is 48.5 Å². The summed E-state index contributed by atoms with van der Waals surface area (Å²) in [7, 11) is -4.67. The zero-order valence-corrected chi connectivity index (χ0v) is 19.8. The SMILES string of the molecule is Cc1cccc2nc3ccccc3nc12.Cc1cccc2nc3ccccc3nc12.O=S(=O)(O)O. The second kappa shape index (κ2) is 10.1. The quantitative estimate of drug-likeness (QED) is 0.212. The predicted molar refractivity (Wildman–Crippen MR) is 138 cm³/mol. The highest BCUT2D eigenvalue weighted by atomic mass is 32.3. The Kier molecular flexibility index (Phi) is 6.92. The maximum Gasteiger partial charge on any atom is 0.394 e. The molecular weight excluding hydrogens is 464 g/mol. The first-order valence-electron chi connectivity index (χ1n) is 10.6. The highest BCUT2D eigenvalue weighted by Gasteiger charge is 2.03. The van der Waals surface area contributed by atoms with Crippen molar-refractivity contribution in [2.24, 2.45) is 0 Å². The number of rotatable bonds is 0. The zero-order chi connectivity index (χ0) is 25.0. The van der Waals surface area contributed by atoms with Gasteiger partial charge in [0.15, 0.2) is 0 Å². The molecule has 0 aliphatic rings. The predicted octanol–water partition coefficient (Wildman–Crippen LogP) is 5.53. The topological polar surface area (TPSA) is 126 Å². The fourth-order valence-electron chi connectivity index (χ4n) is 3.57. The Morgan fingerprint density at radius 2 is 0.771 bits per heavy atom. The van der Waals surface area contributed by atoms with Crippen molar-refractivity contribution in [1.82, 2.24) is 19.9 Å². The van der Waals surface area contributed by atoms with Crippen molar-refractivity contribution >= 4 is 54.5 Å². The van der Waals surface area contributed by atoms with Crippen molar-refractivity contribution in [3.63, 3.8) is 0 Å². The zero-order valence-electron chi connectivity index (χ0n) is 19.0. The van der Waals surface area contributed by atoms with Crippen LogP contribution >= 0.6 is 0 Å². The number of benzene rings is 4. The Balaban J connectivity index is 0.000000139. The molecule has 2 aromatic heterocycles. The van der Waals surface area contributed by atoms with Gasteiger partial charge in [-0.05, 0) is 61.4 Å². The molecule has 2 N–H and O–H groups in total. The van der Waals surface area contributed by atoms with Gasteiger partial charge in [0.05, 0.1) is 44.1 Å². The smallest absolute Gasteiger partial charge is 0.264 e. The van der Waals surface area contributed by atoms with Gasteiger partial charge in [0, 0.05) is 0 Å². The molecule has 2 heterocycles. The molecule has 0 unspecified atom stereocenters. The van der Waals surface area contributed by atoms with Gasteiger partial charge in [-0.15, -0.1) is 0 Å². The molecule has 0 amide bonds. The van der Waals surface area contributed by atoms with Crippen LogP contribution in [0.1, 0.15) is 11.1 Å². The molecule has 0 saturated carbocycles. The van der Waals surface area contributed by atoms with E-state index >= 15 is 0 Å². The molecule has 0 fully saturated rings. The summed E-state index contributed by atoms with van der Waals surface area (Å²) in [6, 6.07) is 28.1. The van der Waals surface area contributed by atoms with Crippen LogP contribution in [0.15, 0.2) is 84.9 Å². The lowest BCUT2D eigenvalue weighted by Crippen LogP contribution is -1.89. The van der Waals surface area contributed by atoms with Crippen LogP contribution in [0.5, 0.6) is 0 Å². The Labute approximate surface area is 201 Å². The van der Waals surface area contributed by atoms with Gasteiger partial charge in [-0.3, -0.25) is 9.11 Å². The van der Waals surface area contributed by atoms with Crippen molar-refractivity contribution in [2.45, 2.75) is 13.8 Å². The van der Waals surface area contributed by atoms with Crippen molar-refractivity contribution < 1.29 is 17.5 Å². The molecule has 0 bridgehead atoms. The van der Waals surface area contributed by atoms with Crippen LogP contribution < -0.4 is 0 Å². The maximum absolute atomic E-state index is 8.74. The van der Waals surface area contributed by atoms with Crippen LogP contribution in [0, 0.1) is 13.8 Å². The Hall–Kier alpha value is -4.05. The average Bonchev–Trinajstić information content (AvgIpc) is 2.82. The summed E-state index contributed by atoms with van der Waals surface area (Å²) in [5.41, 5.74) is 10.1. The molecule has 0 saturated heterocycles. The molecule has 0 aliphatic carbocycles. The number of hydrogen-bond acceptors (Lipinski definition) is 6. The van der Waals surface area contributed by atoms with Crippen molar-refractivity contribution in [2.75, 3.05) is 0 Å². The summed E-state index contributed by atoms with van der Waals surface area (Å²) in [4.78, 5) is 18.4. The fourth-order valence-corrected chi connectivity index (χ4v) is 3.57. The van der Waals surface area contributed by atoms with E-state index in [-0.39, 0.29) is 0 Å². The molecule has 6 aromatic rings. The number of hydrogen-bond donors (Lipinski definition) is 2. The maximum atomic E-state index is 8.74. The Bertz CT molecular complexity index is 1650. The van der Waals surface area contributed by atoms with E-state index < -0.39 is 10.4 Å². The summed E-state index contributed by atoms with van der Waals surface area (Å²) in [5, 5.41) is 0. The molecule has 6 rings (SSSR count). The van der Waals surface area contributed by atoms with E-state index in [1.165, 1.54) is 11.1 Å². The monoisotopic (exact) mass is 486 g/mol. The van der Waals surface area contributed by atoms with Gasteiger partial charge in [0.25, 0.3) is 0 Å². The molecule has 0 radical (unpaired) electrons. The van der Waals surface area contributed by atoms with E-state index in [1.54, 1.807) is 0 Å². The lowest BCUT2D eigenvalue weighted by molar-refractivity contribution is 0.381. The third-order valence-corrected chi connectivity index (χ3v) is 5.14. The van der Waals surface area contributed by atoms with Crippen molar-refractivity contribution in [3.8, 4) is 0 Å². The van der Waals surface area contributed by atoms with E-state index in [0.29, 0.717) is 0 Å². The minimum atomic E-state index is -4.67. The molecule has 4 aromatic carbocycles. The highest BCUT2D eigenvalue weighted by Crippen LogP contribution is 2.19. The first-order valence-corrected chi connectivity index (χ1v) is 12.0. The van der Waals surface area contributed by atoms with Gasteiger partial charge in [-0.25, -0.2) is 19.9 Å². The van der Waals surface area contributed by atoms with Crippen LogP contribution in [0.4, 0.5) is 0 Å². The van der Waals surface area contributed by atoms with Gasteiger partial charge in [0.2, 0.25) is 0 Å². The number of fused-ring (bicyclic) bond motifs is 4. The Morgan fingerprint density at radius 3 is 1.11 bits per heavy atom. The molecule has 0 spiro atoms. The first-order chi connectivity index (χ1) is 16.7. The number of aromatic nitrogens is 4. The first kappa shape index (κ1) is 24.1. The lowest BCUT2D eigenvalue weighted by Gasteiger charge is -2.02.